The van der Waals surface area contributed by atoms with Crippen molar-refractivity contribution in [1.82, 2.24) is 10.6 Å². The summed E-state index contributed by atoms with van der Waals surface area (Å²) in [7, 11) is -0.470. The highest BCUT2D eigenvalue weighted by molar-refractivity contribution is 6.47. The zero-order chi connectivity index (χ0) is 23.7. The highest BCUT2D eigenvalue weighted by Crippen LogP contribution is 2.65. The van der Waals surface area contributed by atoms with E-state index in [0.29, 0.717) is 24.2 Å². The van der Waals surface area contributed by atoms with E-state index < -0.39 is 13.2 Å². The number of hydrogen-bond donors (Lipinski definition) is 3. The van der Waals surface area contributed by atoms with Crippen molar-refractivity contribution in [2.45, 2.75) is 110 Å². The highest BCUT2D eigenvalue weighted by Gasteiger charge is 2.68. The summed E-state index contributed by atoms with van der Waals surface area (Å²) in [5.41, 5.74) is 6.06. The Morgan fingerprint density at radius 1 is 1.19 bits per heavy atom. The summed E-state index contributed by atoms with van der Waals surface area (Å²) < 4.78 is 13.0. The van der Waals surface area contributed by atoms with Crippen LogP contribution in [0.2, 0.25) is 0 Å². The minimum absolute atomic E-state index is 0.0542. The molecule has 0 unspecified atom stereocenters. The molecule has 1 saturated heterocycles. The van der Waals surface area contributed by atoms with E-state index in [0.717, 1.165) is 32.1 Å². The average Bonchev–Trinajstić information content (AvgIpc) is 3.08. The maximum atomic E-state index is 12.8. The summed E-state index contributed by atoms with van der Waals surface area (Å²) in [6.07, 6.45) is 6.45. The zero-order valence-corrected chi connectivity index (χ0v) is 20.9. The number of rotatable bonds is 11. The summed E-state index contributed by atoms with van der Waals surface area (Å²) in [6.45, 7) is 13.4. The Kier molecular flexibility index (Phi) is 7.99. The topological polar surface area (TPSA) is 103 Å². The van der Waals surface area contributed by atoms with Crippen LogP contribution in [0.5, 0.6) is 0 Å². The van der Waals surface area contributed by atoms with Crippen molar-refractivity contribution < 1.29 is 18.9 Å². The molecule has 3 saturated carbocycles. The van der Waals surface area contributed by atoms with E-state index in [1.54, 1.807) is 0 Å². The van der Waals surface area contributed by atoms with Gasteiger partial charge < -0.3 is 25.7 Å². The lowest BCUT2D eigenvalue weighted by atomic mass is 9.43. The largest absolute Gasteiger partial charge is 0.481 e. The zero-order valence-electron chi connectivity index (χ0n) is 20.9. The van der Waals surface area contributed by atoms with Gasteiger partial charge in [-0.2, -0.15) is 0 Å². The fourth-order valence-electron chi connectivity index (χ4n) is 6.05. The molecule has 4 rings (SSSR count). The molecule has 0 aromatic heterocycles. The number of nitrogens with two attached hydrogens (primary N) is 1. The number of unbranched alkanes of at least 4 members (excludes halogenated alkanes) is 2. The van der Waals surface area contributed by atoms with Crippen LogP contribution in [0.25, 0.3) is 0 Å². The standard InChI is InChI=1S/C24H44BN3O4/c1-7-8-9-10-21(29)27-14-17(26)22(30)28-20(11-15(2)3)25-31-19-13-16-12-18(23(16,4)5)24(19,6)32-25/h15-20H,7-14,26H2,1-6H3,(H,27,29)(H,28,30)/t16-,17+,18-,19-,20+,24+/m1/s1. The maximum Gasteiger partial charge on any atom is 0.481 e. The molecule has 1 aliphatic heterocycles. The van der Waals surface area contributed by atoms with E-state index in [9.17, 15) is 9.59 Å². The molecule has 7 nitrogen and oxygen atoms in total. The van der Waals surface area contributed by atoms with E-state index >= 15 is 0 Å². The van der Waals surface area contributed by atoms with Crippen molar-refractivity contribution in [3.05, 3.63) is 0 Å². The molecule has 0 spiro atoms. The molecular formula is C24H44BN3O4. The summed E-state index contributed by atoms with van der Waals surface area (Å²) in [5, 5.41) is 5.86. The van der Waals surface area contributed by atoms with Crippen molar-refractivity contribution in [2.75, 3.05) is 6.54 Å². The Hall–Kier alpha value is -1.12. The Bertz CT molecular complexity index is 688. The molecule has 4 aliphatic rings. The first-order valence-corrected chi connectivity index (χ1v) is 12.6. The first-order chi connectivity index (χ1) is 15.0. The second-order valence-electron chi connectivity index (χ2n) is 11.4. The Morgan fingerprint density at radius 3 is 2.53 bits per heavy atom. The Balaban J connectivity index is 1.56. The third kappa shape index (κ3) is 5.17. The van der Waals surface area contributed by atoms with Crippen LogP contribution >= 0.6 is 0 Å². The molecule has 4 N–H and O–H groups in total. The molecule has 8 heteroatoms. The van der Waals surface area contributed by atoms with Crippen LogP contribution in [-0.2, 0) is 18.9 Å². The first-order valence-electron chi connectivity index (χ1n) is 12.6. The van der Waals surface area contributed by atoms with Crippen molar-refractivity contribution in [1.29, 1.82) is 0 Å². The minimum atomic E-state index is -0.800. The van der Waals surface area contributed by atoms with Gasteiger partial charge >= 0.3 is 7.12 Å². The van der Waals surface area contributed by atoms with Gasteiger partial charge in [0.1, 0.15) is 6.04 Å². The average molecular weight is 449 g/mol. The molecule has 0 aromatic carbocycles. The smallest absolute Gasteiger partial charge is 0.404 e. The summed E-state index contributed by atoms with van der Waals surface area (Å²) >= 11 is 0. The molecule has 182 valence electrons. The predicted molar refractivity (Wildman–Crippen MR) is 127 cm³/mol. The molecule has 2 amide bonds. The molecule has 0 radical (unpaired) electrons. The van der Waals surface area contributed by atoms with Gasteiger partial charge in [-0.15, -0.1) is 0 Å². The van der Waals surface area contributed by atoms with Gasteiger partial charge in [-0.25, -0.2) is 0 Å². The molecule has 3 aliphatic carbocycles. The van der Waals surface area contributed by atoms with E-state index in [1.165, 1.54) is 6.42 Å². The summed E-state index contributed by atoms with van der Waals surface area (Å²) in [4.78, 5) is 24.8. The third-order valence-corrected chi connectivity index (χ3v) is 8.21. The summed E-state index contributed by atoms with van der Waals surface area (Å²) in [5.74, 6) is 0.923. The second kappa shape index (κ2) is 10.0. The van der Waals surface area contributed by atoms with Crippen molar-refractivity contribution >= 4 is 18.9 Å². The maximum absolute atomic E-state index is 12.8. The van der Waals surface area contributed by atoms with Crippen LogP contribution in [0.1, 0.15) is 86.5 Å². The van der Waals surface area contributed by atoms with Gasteiger partial charge in [0.05, 0.1) is 17.6 Å². The number of nitrogens with one attached hydrogen (secondary N) is 2. The van der Waals surface area contributed by atoms with Crippen molar-refractivity contribution in [2.24, 2.45) is 28.9 Å². The second-order valence-corrected chi connectivity index (χ2v) is 11.4. The fourth-order valence-corrected chi connectivity index (χ4v) is 6.05. The van der Waals surface area contributed by atoms with Crippen LogP contribution in [0.3, 0.4) is 0 Å². The van der Waals surface area contributed by atoms with Gasteiger partial charge in [0.25, 0.3) is 0 Å². The first kappa shape index (κ1) is 25.5. The van der Waals surface area contributed by atoms with Crippen LogP contribution < -0.4 is 16.4 Å². The minimum Gasteiger partial charge on any atom is -0.404 e. The van der Waals surface area contributed by atoms with Crippen LogP contribution in [0, 0.1) is 23.2 Å². The quantitative estimate of drug-likeness (QED) is 0.333. The number of carbonyl (C=O) groups is 2. The van der Waals surface area contributed by atoms with E-state index in [2.05, 4.69) is 52.2 Å². The Labute approximate surface area is 194 Å². The predicted octanol–water partition coefficient (Wildman–Crippen LogP) is 2.81. The van der Waals surface area contributed by atoms with E-state index in [4.69, 9.17) is 15.0 Å². The SMILES string of the molecule is CCCCCC(=O)NC[C@H](N)C(=O)N[C@@H](CC(C)C)B1O[C@@H]2C[C@H]3C[C@H](C3(C)C)[C@]2(C)O1. The van der Waals surface area contributed by atoms with Crippen molar-refractivity contribution in [3.8, 4) is 0 Å². The van der Waals surface area contributed by atoms with Crippen LogP contribution in [-0.4, -0.2) is 49.2 Å². The van der Waals surface area contributed by atoms with Gasteiger partial charge in [0.15, 0.2) is 0 Å². The molecule has 1 heterocycles. The van der Waals surface area contributed by atoms with Gasteiger partial charge in [-0.1, -0.05) is 47.5 Å². The number of carbonyl (C=O) groups excluding carboxylic acids is 2. The van der Waals surface area contributed by atoms with Gasteiger partial charge in [0, 0.05) is 13.0 Å². The third-order valence-electron chi connectivity index (χ3n) is 8.21. The van der Waals surface area contributed by atoms with Crippen molar-refractivity contribution in [3.63, 3.8) is 0 Å². The molecule has 32 heavy (non-hydrogen) atoms. The van der Waals surface area contributed by atoms with Crippen LogP contribution in [0.15, 0.2) is 0 Å². The summed E-state index contributed by atoms with van der Waals surface area (Å²) in [6, 6.07) is -0.800. The van der Waals surface area contributed by atoms with E-state index in [1.807, 2.05) is 0 Å². The number of amides is 2. The highest BCUT2D eigenvalue weighted by atomic mass is 16.7. The normalized spacial score (nSPS) is 32.1. The fraction of sp³-hybridized carbons (Fsp3) is 0.917. The monoisotopic (exact) mass is 449 g/mol. The molecule has 2 bridgehead atoms. The molecular weight excluding hydrogens is 405 g/mol. The molecule has 0 aromatic rings. The van der Waals surface area contributed by atoms with Gasteiger partial charge in [-0.05, 0) is 55.8 Å². The molecule has 6 atom stereocenters. The lowest BCUT2D eigenvalue weighted by molar-refractivity contribution is -0.199. The van der Waals surface area contributed by atoms with E-state index in [-0.39, 0.29) is 41.4 Å². The lowest BCUT2D eigenvalue weighted by Crippen LogP contribution is -2.65. The Morgan fingerprint density at radius 2 is 1.91 bits per heavy atom. The lowest BCUT2D eigenvalue weighted by Gasteiger charge is -2.64. The van der Waals surface area contributed by atoms with Gasteiger partial charge in [0.2, 0.25) is 11.8 Å². The molecule has 4 fully saturated rings. The number of hydrogen-bond acceptors (Lipinski definition) is 5. The van der Waals surface area contributed by atoms with Gasteiger partial charge in [-0.3, -0.25) is 9.59 Å². The van der Waals surface area contributed by atoms with Crippen LogP contribution in [0.4, 0.5) is 0 Å².